The van der Waals surface area contributed by atoms with Gasteiger partial charge < -0.3 is 15.8 Å². The van der Waals surface area contributed by atoms with Gasteiger partial charge in [0.25, 0.3) is 0 Å². The summed E-state index contributed by atoms with van der Waals surface area (Å²) in [4.78, 5) is 6.35. The molecule has 0 unspecified atom stereocenters. The van der Waals surface area contributed by atoms with Crippen molar-refractivity contribution in [2.24, 2.45) is 10.9 Å². The van der Waals surface area contributed by atoms with E-state index >= 15 is 0 Å². The Morgan fingerprint density at radius 3 is 2.80 bits per heavy atom. The second-order valence-corrected chi connectivity index (χ2v) is 5.27. The first-order chi connectivity index (χ1) is 9.52. The van der Waals surface area contributed by atoms with Crippen LogP contribution in [0.25, 0.3) is 0 Å². The van der Waals surface area contributed by atoms with Crippen LogP contribution in [-0.4, -0.2) is 23.1 Å². The molecule has 104 valence electrons. The topological polar surface area (TPSA) is 74.7 Å². The summed E-state index contributed by atoms with van der Waals surface area (Å²) < 4.78 is 0.911. The van der Waals surface area contributed by atoms with Gasteiger partial charge in [-0.05, 0) is 46.6 Å². The van der Waals surface area contributed by atoms with Crippen molar-refractivity contribution in [2.75, 3.05) is 11.9 Å². The number of benzene rings is 1. The second-order valence-electron chi connectivity index (χ2n) is 4.41. The van der Waals surface area contributed by atoms with Gasteiger partial charge in [-0.3, -0.25) is 0 Å². The average Bonchev–Trinajstić information content (AvgIpc) is 2.46. The molecule has 0 aliphatic carbocycles. The van der Waals surface area contributed by atoms with Crippen molar-refractivity contribution in [2.45, 2.75) is 6.92 Å². The number of hydrogen-bond acceptors (Lipinski definition) is 4. The molecule has 1 aromatic heterocycles. The van der Waals surface area contributed by atoms with Crippen molar-refractivity contribution in [1.82, 2.24) is 4.98 Å². The summed E-state index contributed by atoms with van der Waals surface area (Å²) in [5.41, 5.74) is 8.24. The molecule has 0 fully saturated rings. The highest BCUT2D eigenvalue weighted by Crippen LogP contribution is 2.29. The lowest BCUT2D eigenvalue weighted by Crippen LogP contribution is -2.16. The number of aryl methyl sites for hydroxylation is 1. The molecule has 2 rings (SSSR count). The first-order valence-corrected chi connectivity index (χ1v) is 6.76. The smallest absolute Gasteiger partial charge is 0.170 e. The molecule has 0 spiro atoms. The van der Waals surface area contributed by atoms with E-state index in [0.29, 0.717) is 5.56 Å². The minimum atomic E-state index is 0.0798. The van der Waals surface area contributed by atoms with Gasteiger partial charge in [-0.2, -0.15) is 0 Å². The number of hydrogen-bond donors (Lipinski definition) is 2. The highest BCUT2D eigenvalue weighted by Gasteiger charge is 2.11. The summed E-state index contributed by atoms with van der Waals surface area (Å²) in [6, 6.07) is 9.41. The second kappa shape index (κ2) is 5.92. The van der Waals surface area contributed by atoms with Crippen molar-refractivity contribution >= 4 is 33.3 Å². The number of nitrogens with zero attached hydrogens (tertiary/aromatic N) is 3. The molecule has 3 N–H and O–H groups in total. The number of amidine groups is 1. The molecular formula is C14H15BrN4O. The van der Waals surface area contributed by atoms with Crippen LogP contribution in [0.3, 0.4) is 0 Å². The number of oxime groups is 1. The molecular weight excluding hydrogens is 320 g/mol. The van der Waals surface area contributed by atoms with E-state index in [-0.39, 0.29) is 5.84 Å². The van der Waals surface area contributed by atoms with Crippen LogP contribution >= 0.6 is 15.9 Å². The van der Waals surface area contributed by atoms with E-state index in [9.17, 15) is 0 Å². The zero-order valence-corrected chi connectivity index (χ0v) is 12.8. The maximum atomic E-state index is 8.74. The van der Waals surface area contributed by atoms with Gasteiger partial charge in [0.05, 0.1) is 4.47 Å². The van der Waals surface area contributed by atoms with Crippen LogP contribution in [0.1, 0.15) is 11.1 Å². The van der Waals surface area contributed by atoms with E-state index in [0.717, 1.165) is 21.5 Å². The maximum Gasteiger partial charge on any atom is 0.170 e. The molecule has 0 aliphatic heterocycles. The van der Waals surface area contributed by atoms with E-state index in [1.807, 2.05) is 49.3 Å². The van der Waals surface area contributed by atoms with Crippen LogP contribution in [0.4, 0.5) is 11.5 Å². The molecule has 20 heavy (non-hydrogen) atoms. The Labute approximate surface area is 125 Å². The fraction of sp³-hybridized carbons (Fsp3) is 0.143. The standard InChI is InChI=1S/C14H15BrN4O/c1-9-6-12(15)14(17-8-9)19(2)11-5-3-4-10(7-11)13(16)18-20/h3-8,20H,1-2H3,(H2,16,18). The van der Waals surface area contributed by atoms with Crippen molar-refractivity contribution in [3.63, 3.8) is 0 Å². The molecule has 1 heterocycles. The molecule has 0 saturated heterocycles. The normalized spacial score (nSPS) is 11.4. The fourth-order valence-corrected chi connectivity index (χ4v) is 2.56. The molecule has 0 aliphatic rings. The number of pyridine rings is 1. The van der Waals surface area contributed by atoms with Crippen LogP contribution in [0.2, 0.25) is 0 Å². The number of nitrogens with two attached hydrogens (primary N) is 1. The highest BCUT2D eigenvalue weighted by atomic mass is 79.9. The van der Waals surface area contributed by atoms with E-state index in [2.05, 4.69) is 26.1 Å². The van der Waals surface area contributed by atoms with Crippen LogP contribution in [0.15, 0.2) is 46.2 Å². The Morgan fingerprint density at radius 2 is 2.15 bits per heavy atom. The molecule has 0 amide bonds. The molecule has 6 heteroatoms. The van der Waals surface area contributed by atoms with Crippen LogP contribution in [-0.2, 0) is 0 Å². The zero-order chi connectivity index (χ0) is 14.7. The third kappa shape index (κ3) is 2.91. The Kier molecular flexibility index (Phi) is 4.24. The molecule has 0 atom stereocenters. The van der Waals surface area contributed by atoms with Crippen molar-refractivity contribution in [1.29, 1.82) is 0 Å². The minimum Gasteiger partial charge on any atom is -0.409 e. The SMILES string of the molecule is Cc1cnc(N(C)c2cccc(/C(N)=N/O)c2)c(Br)c1. The number of anilines is 2. The van der Waals surface area contributed by atoms with E-state index in [1.54, 1.807) is 6.07 Å². The summed E-state index contributed by atoms with van der Waals surface area (Å²) >= 11 is 3.51. The number of aromatic nitrogens is 1. The minimum absolute atomic E-state index is 0.0798. The van der Waals surface area contributed by atoms with Crippen LogP contribution < -0.4 is 10.6 Å². The third-order valence-electron chi connectivity index (χ3n) is 2.91. The number of rotatable bonds is 3. The highest BCUT2D eigenvalue weighted by molar-refractivity contribution is 9.10. The summed E-state index contributed by atoms with van der Waals surface area (Å²) in [6.45, 7) is 1.99. The molecule has 1 aromatic carbocycles. The van der Waals surface area contributed by atoms with Crippen molar-refractivity contribution in [3.8, 4) is 0 Å². The van der Waals surface area contributed by atoms with Gasteiger partial charge in [0.2, 0.25) is 0 Å². The Hall–Kier alpha value is -2.08. The van der Waals surface area contributed by atoms with Crippen LogP contribution in [0, 0.1) is 6.92 Å². The van der Waals surface area contributed by atoms with Gasteiger partial charge in [-0.25, -0.2) is 4.98 Å². The maximum absolute atomic E-state index is 8.74. The van der Waals surface area contributed by atoms with E-state index in [4.69, 9.17) is 10.9 Å². The first kappa shape index (κ1) is 14.3. The molecule has 0 bridgehead atoms. The summed E-state index contributed by atoms with van der Waals surface area (Å²) in [7, 11) is 1.91. The first-order valence-electron chi connectivity index (χ1n) is 5.96. The predicted molar refractivity (Wildman–Crippen MR) is 83.7 cm³/mol. The van der Waals surface area contributed by atoms with E-state index in [1.165, 1.54) is 0 Å². The van der Waals surface area contributed by atoms with Gasteiger partial charge in [0, 0.05) is 24.5 Å². The third-order valence-corrected chi connectivity index (χ3v) is 3.50. The molecule has 2 aromatic rings. The van der Waals surface area contributed by atoms with Gasteiger partial charge >= 0.3 is 0 Å². The Bertz CT molecular complexity index is 657. The summed E-state index contributed by atoms with van der Waals surface area (Å²) in [6.07, 6.45) is 1.81. The van der Waals surface area contributed by atoms with E-state index < -0.39 is 0 Å². The predicted octanol–water partition coefficient (Wildman–Crippen LogP) is 3.01. The van der Waals surface area contributed by atoms with Gasteiger partial charge in [-0.15, -0.1) is 0 Å². The fourth-order valence-electron chi connectivity index (χ4n) is 1.83. The van der Waals surface area contributed by atoms with Gasteiger partial charge in [-0.1, -0.05) is 17.3 Å². The van der Waals surface area contributed by atoms with Crippen LogP contribution in [0.5, 0.6) is 0 Å². The Morgan fingerprint density at radius 1 is 1.40 bits per heavy atom. The van der Waals surface area contributed by atoms with Crippen molar-refractivity contribution < 1.29 is 5.21 Å². The quantitative estimate of drug-likeness (QED) is 0.391. The molecule has 0 saturated carbocycles. The molecule has 5 nitrogen and oxygen atoms in total. The number of halogens is 1. The molecule has 0 radical (unpaired) electrons. The summed E-state index contributed by atoms with van der Waals surface area (Å²) in [5, 5.41) is 11.8. The lowest BCUT2D eigenvalue weighted by atomic mass is 10.1. The van der Waals surface area contributed by atoms with Gasteiger partial charge in [0.1, 0.15) is 5.82 Å². The lowest BCUT2D eigenvalue weighted by molar-refractivity contribution is 0.318. The monoisotopic (exact) mass is 334 g/mol. The average molecular weight is 335 g/mol. The van der Waals surface area contributed by atoms with Gasteiger partial charge in [0.15, 0.2) is 5.84 Å². The summed E-state index contributed by atoms with van der Waals surface area (Å²) in [5.74, 6) is 0.878. The van der Waals surface area contributed by atoms with Crippen molar-refractivity contribution in [3.05, 3.63) is 52.1 Å². The zero-order valence-electron chi connectivity index (χ0n) is 11.2. The largest absolute Gasteiger partial charge is 0.409 e. The Balaban J connectivity index is 2.40. The lowest BCUT2D eigenvalue weighted by Gasteiger charge is -2.20.